The number of hydrogen-bond donors (Lipinski definition) is 1. The van der Waals surface area contributed by atoms with Crippen LogP contribution in [0.25, 0.3) is 0 Å². The Kier molecular flexibility index (Phi) is 2.29. The minimum atomic E-state index is -0.535. The number of hydrogen-bond acceptors (Lipinski definition) is 2. The van der Waals surface area contributed by atoms with Crippen LogP contribution in [-0.2, 0) is 4.79 Å². The van der Waals surface area contributed by atoms with Gasteiger partial charge in [-0.1, -0.05) is 6.58 Å². The molecule has 0 radical (unpaired) electrons. The van der Waals surface area contributed by atoms with E-state index in [4.69, 9.17) is 5.11 Å². The Morgan fingerprint density at radius 2 is 2.55 bits per heavy atom. The van der Waals surface area contributed by atoms with Crippen molar-refractivity contribution in [3.05, 3.63) is 12.8 Å². The van der Waals surface area contributed by atoms with Crippen molar-refractivity contribution in [2.75, 3.05) is 6.54 Å². The highest BCUT2D eigenvalue weighted by molar-refractivity contribution is 5.82. The third kappa shape index (κ3) is 1.43. The van der Waals surface area contributed by atoms with Gasteiger partial charge >= 0.3 is 0 Å². The summed E-state index contributed by atoms with van der Waals surface area (Å²) in [6.45, 7) is 5.85. The third-order valence-corrected chi connectivity index (χ3v) is 2.08. The Bertz CT molecular complexity index is 177. The van der Waals surface area contributed by atoms with Crippen molar-refractivity contribution < 1.29 is 9.90 Å². The fourth-order valence-corrected chi connectivity index (χ4v) is 1.35. The SMILES string of the molecule is C=CN1CCC(C(C)O)C1=O. The third-order valence-electron chi connectivity index (χ3n) is 2.08. The number of nitrogens with zero attached hydrogens (tertiary/aromatic N) is 1. The molecule has 0 bridgehead atoms. The van der Waals surface area contributed by atoms with Crippen LogP contribution in [0.4, 0.5) is 0 Å². The summed E-state index contributed by atoms with van der Waals surface area (Å²) in [7, 11) is 0. The maximum Gasteiger partial charge on any atom is 0.232 e. The molecule has 0 saturated carbocycles. The standard InChI is InChI=1S/C8H13NO2/c1-3-9-5-4-7(6(2)10)8(9)11/h3,6-7,10H,1,4-5H2,2H3. The molecule has 2 atom stereocenters. The highest BCUT2D eigenvalue weighted by Crippen LogP contribution is 2.20. The molecule has 1 aliphatic heterocycles. The number of amides is 1. The van der Waals surface area contributed by atoms with Gasteiger partial charge in [-0.25, -0.2) is 0 Å². The zero-order valence-corrected chi connectivity index (χ0v) is 6.66. The van der Waals surface area contributed by atoms with Crippen LogP contribution in [0.3, 0.4) is 0 Å². The largest absolute Gasteiger partial charge is 0.393 e. The van der Waals surface area contributed by atoms with Crippen LogP contribution in [0, 0.1) is 5.92 Å². The van der Waals surface area contributed by atoms with E-state index in [9.17, 15) is 4.79 Å². The van der Waals surface area contributed by atoms with Gasteiger partial charge in [-0.15, -0.1) is 0 Å². The molecule has 62 valence electrons. The van der Waals surface area contributed by atoms with Crippen molar-refractivity contribution in [3.8, 4) is 0 Å². The van der Waals surface area contributed by atoms with Crippen molar-refractivity contribution in [3.63, 3.8) is 0 Å². The lowest BCUT2D eigenvalue weighted by molar-refractivity contribution is -0.131. The molecule has 1 amide bonds. The Labute approximate surface area is 66.3 Å². The molecule has 0 spiro atoms. The molecule has 1 fully saturated rings. The molecule has 3 heteroatoms. The van der Waals surface area contributed by atoms with Gasteiger partial charge in [-0.05, 0) is 19.5 Å². The fraction of sp³-hybridized carbons (Fsp3) is 0.625. The van der Waals surface area contributed by atoms with Crippen LogP contribution >= 0.6 is 0 Å². The molecule has 11 heavy (non-hydrogen) atoms. The monoisotopic (exact) mass is 155 g/mol. The number of rotatable bonds is 2. The van der Waals surface area contributed by atoms with E-state index >= 15 is 0 Å². The molecule has 0 aromatic heterocycles. The number of aliphatic hydroxyl groups is 1. The summed E-state index contributed by atoms with van der Waals surface area (Å²) in [6.07, 6.45) is 1.72. The van der Waals surface area contributed by atoms with Crippen LogP contribution in [0.1, 0.15) is 13.3 Å². The number of carbonyl (C=O) groups excluding carboxylic acids is 1. The molecule has 1 N–H and O–H groups in total. The maximum absolute atomic E-state index is 11.3. The van der Waals surface area contributed by atoms with Gasteiger partial charge in [0.1, 0.15) is 0 Å². The van der Waals surface area contributed by atoms with Gasteiger partial charge in [-0.2, -0.15) is 0 Å². The maximum atomic E-state index is 11.3. The van der Waals surface area contributed by atoms with E-state index in [-0.39, 0.29) is 11.8 Å². The summed E-state index contributed by atoms with van der Waals surface area (Å²) in [5.41, 5.74) is 0. The second-order valence-corrected chi connectivity index (χ2v) is 2.85. The Morgan fingerprint density at radius 3 is 2.82 bits per heavy atom. The average Bonchev–Trinajstić information content (AvgIpc) is 2.30. The van der Waals surface area contributed by atoms with Gasteiger partial charge in [0.15, 0.2) is 0 Å². The topological polar surface area (TPSA) is 40.5 Å². The van der Waals surface area contributed by atoms with Crippen molar-refractivity contribution in [1.82, 2.24) is 4.90 Å². The Morgan fingerprint density at radius 1 is 1.91 bits per heavy atom. The lowest BCUT2D eigenvalue weighted by Crippen LogP contribution is -2.27. The normalized spacial score (nSPS) is 27.3. The molecule has 1 heterocycles. The van der Waals surface area contributed by atoms with Crippen LogP contribution in [0.5, 0.6) is 0 Å². The van der Waals surface area contributed by atoms with Gasteiger partial charge in [0.25, 0.3) is 0 Å². The first-order valence-electron chi connectivity index (χ1n) is 3.78. The molecular formula is C8H13NO2. The first-order chi connectivity index (χ1) is 5.16. The zero-order chi connectivity index (χ0) is 8.43. The van der Waals surface area contributed by atoms with Crippen molar-refractivity contribution >= 4 is 5.91 Å². The van der Waals surface area contributed by atoms with Crippen LogP contribution in [0.15, 0.2) is 12.8 Å². The van der Waals surface area contributed by atoms with Gasteiger partial charge < -0.3 is 10.0 Å². The first-order valence-corrected chi connectivity index (χ1v) is 3.78. The summed E-state index contributed by atoms with van der Waals surface area (Å²) in [6, 6.07) is 0. The predicted octanol–water partition coefficient (Wildman–Crippen LogP) is 0.359. The summed E-state index contributed by atoms with van der Waals surface area (Å²) in [4.78, 5) is 12.8. The molecule has 0 aromatic carbocycles. The van der Waals surface area contributed by atoms with E-state index in [1.807, 2.05) is 0 Å². The summed E-state index contributed by atoms with van der Waals surface area (Å²) >= 11 is 0. The minimum Gasteiger partial charge on any atom is -0.393 e. The number of carbonyl (C=O) groups is 1. The van der Waals surface area contributed by atoms with Crippen LogP contribution in [0.2, 0.25) is 0 Å². The van der Waals surface area contributed by atoms with Gasteiger partial charge in [0, 0.05) is 6.54 Å². The molecule has 3 nitrogen and oxygen atoms in total. The van der Waals surface area contributed by atoms with Gasteiger partial charge in [0.05, 0.1) is 12.0 Å². The smallest absolute Gasteiger partial charge is 0.232 e. The molecule has 2 unspecified atom stereocenters. The van der Waals surface area contributed by atoms with E-state index in [0.717, 1.165) is 6.42 Å². The van der Waals surface area contributed by atoms with Crippen LogP contribution in [-0.4, -0.2) is 28.6 Å². The average molecular weight is 155 g/mol. The van der Waals surface area contributed by atoms with E-state index in [1.54, 1.807) is 11.8 Å². The number of aliphatic hydroxyl groups excluding tert-OH is 1. The quantitative estimate of drug-likeness (QED) is 0.625. The highest BCUT2D eigenvalue weighted by Gasteiger charge is 2.33. The van der Waals surface area contributed by atoms with Crippen molar-refractivity contribution in [1.29, 1.82) is 0 Å². The summed E-state index contributed by atoms with van der Waals surface area (Å²) in [5, 5.41) is 9.15. The molecule has 1 saturated heterocycles. The van der Waals surface area contributed by atoms with Crippen molar-refractivity contribution in [2.24, 2.45) is 5.92 Å². The summed E-state index contributed by atoms with van der Waals surface area (Å²) in [5.74, 6) is -0.219. The molecule has 1 aliphatic rings. The van der Waals surface area contributed by atoms with Gasteiger partial charge in [0.2, 0.25) is 5.91 Å². The fourth-order valence-electron chi connectivity index (χ4n) is 1.35. The molecule has 0 aliphatic carbocycles. The molecule has 1 rings (SSSR count). The van der Waals surface area contributed by atoms with Crippen molar-refractivity contribution in [2.45, 2.75) is 19.4 Å². The first kappa shape index (κ1) is 8.27. The number of likely N-dealkylation sites (tertiary alicyclic amines) is 1. The lowest BCUT2D eigenvalue weighted by atomic mass is 10.0. The second kappa shape index (κ2) is 3.05. The van der Waals surface area contributed by atoms with E-state index in [1.165, 1.54) is 6.20 Å². The minimum absolute atomic E-state index is 0.00463. The molecular weight excluding hydrogens is 142 g/mol. The molecule has 0 aromatic rings. The van der Waals surface area contributed by atoms with E-state index < -0.39 is 6.10 Å². The second-order valence-electron chi connectivity index (χ2n) is 2.85. The van der Waals surface area contributed by atoms with Crippen LogP contribution < -0.4 is 0 Å². The van der Waals surface area contributed by atoms with E-state index in [2.05, 4.69) is 6.58 Å². The highest BCUT2D eigenvalue weighted by atomic mass is 16.3. The predicted molar refractivity (Wildman–Crippen MR) is 41.7 cm³/mol. The van der Waals surface area contributed by atoms with E-state index in [0.29, 0.717) is 6.54 Å². The zero-order valence-electron chi connectivity index (χ0n) is 6.66. The van der Waals surface area contributed by atoms with Gasteiger partial charge in [-0.3, -0.25) is 4.79 Å². The Balaban J connectivity index is 2.62. The summed E-state index contributed by atoms with van der Waals surface area (Å²) < 4.78 is 0. The Hall–Kier alpha value is -0.830. The lowest BCUT2D eigenvalue weighted by Gasteiger charge is -2.12.